The van der Waals surface area contributed by atoms with Gasteiger partial charge in [0.1, 0.15) is 11.6 Å². The molecule has 4 heterocycles. The Kier molecular flexibility index (Phi) is 5.20. The number of nitrogens with zero attached hydrogens (tertiary/aromatic N) is 3. The molecule has 25 heavy (non-hydrogen) atoms. The van der Waals surface area contributed by atoms with Crippen molar-refractivity contribution >= 4 is 0 Å². The third-order valence-corrected chi connectivity index (χ3v) is 5.38. The van der Waals surface area contributed by atoms with Gasteiger partial charge in [0.25, 0.3) is 0 Å². The molecule has 0 N–H and O–H groups in total. The zero-order valence-corrected chi connectivity index (χ0v) is 14.9. The molecule has 1 atom stereocenters. The van der Waals surface area contributed by atoms with E-state index in [4.69, 9.17) is 13.9 Å². The number of fused-ring (bicyclic) bond motifs is 1. The lowest BCUT2D eigenvalue weighted by Crippen LogP contribution is -2.37. The summed E-state index contributed by atoms with van der Waals surface area (Å²) >= 11 is 0. The van der Waals surface area contributed by atoms with Crippen molar-refractivity contribution in [1.82, 2.24) is 14.5 Å². The molecule has 2 aromatic rings. The third kappa shape index (κ3) is 3.81. The first kappa shape index (κ1) is 16.8. The molecule has 6 heteroatoms. The molecule has 0 amide bonds. The summed E-state index contributed by atoms with van der Waals surface area (Å²) in [6.45, 7) is 8.22. The molecule has 4 rings (SSSR count). The van der Waals surface area contributed by atoms with Gasteiger partial charge in [-0.25, -0.2) is 4.98 Å². The van der Waals surface area contributed by atoms with Crippen molar-refractivity contribution in [2.24, 2.45) is 5.92 Å². The second kappa shape index (κ2) is 7.72. The number of imidazole rings is 1. The number of furan rings is 1. The van der Waals surface area contributed by atoms with E-state index in [1.165, 1.54) is 5.69 Å². The average Bonchev–Trinajstić information content (AvgIpc) is 3.29. The van der Waals surface area contributed by atoms with Gasteiger partial charge >= 0.3 is 0 Å². The Morgan fingerprint density at radius 2 is 2.16 bits per heavy atom. The van der Waals surface area contributed by atoms with Crippen LogP contribution in [0.5, 0.6) is 0 Å². The Morgan fingerprint density at radius 3 is 2.96 bits per heavy atom. The summed E-state index contributed by atoms with van der Waals surface area (Å²) in [6.07, 6.45) is 5.94. The number of aromatic nitrogens is 2. The lowest BCUT2D eigenvalue weighted by atomic mass is 10.0. The highest BCUT2D eigenvalue weighted by Crippen LogP contribution is 2.27. The van der Waals surface area contributed by atoms with E-state index in [1.54, 1.807) is 6.26 Å². The molecule has 0 spiro atoms. The lowest BCUT2D eigenvalue weighted by Gasteiger charge is -2.33. The monoisotopic (exact) mass is 345 g/mol. The summed E-state index contributed by atoms with van der Waals surface area (Å²) in [4.78, 5) is 7.08. The minimum absolute atomic E-state index is 0.281. The van der Waals surface area contributed by atoms with Gasteiger partial charge in [0.2, 0.25) is 0 Å². The molecule has 1 fully saturated rings. The molecule has 0 aromatic carbocycles. The number of hydrogen-bond donors (Lipinski definition) is 0. The van der Waals surface area contributed by atoms with Crippen molar-refractivity contribution in [3.63, 3.8) is 0 Å². The second-order valence-corrected chi connectivity index (χ2v) is 7.06. The Balaban J connectivity index is 1.34. The largest absolute Gasteiger partial charge is 0.468 e. The van der Waals surface area contributed by atoms with Crippen LogP contribution in [0.15, 0.2) is 29.0 Å². The van der Waals surface area contributed by atoms with Crippen LogP contribution in [0.1, 0.15) is 43.1 Å². The van der Waals surface area contributed by atoms with Gasteiger partial charge in [-0.15, -0.1) is 0 Å². The Morgan fingerprint density at radius 1 is 1.28 bits per heavy atom. The van der Waals surface area contributed by atoms with Gasteiger partial charge in [-0.05, 0) is 37.8 Å². The van der Waals surface area contributed by atoms with Crippen LogP contribution in [0.3, 0.4) is 0 Å². The second-order valence-electron chi connectivity index (χ2n) is 7.06. The van der Waals surface area contributed by atoms with E-state index in [1.807, 2.05) is 18.3 Å². The van der Waals surface area contributed by atoms with Gasteiger partial charge in [0.15, 0.2) is 0 Å². The normalized spacial score (nSPS) is 22.2. The quantitative estimate of drug-likeness (QED) is 0.805. The minimum Gasteiger partial charge on any atom is -0.468 e. The van der Waals surface area contributed by atoms with E-state index in [9.17, 15) is 0 Å². The molecule has 0 unspecified atom stereocenters. The molecule has 136 valence electrons. The molecule has 0 radical (unpaired) electrons. The lowest BCUT2D eigenvalue weighted by molar-refractivity contribution is 0.0139. The molecule has 1 saturated heterocycles. The van der Waals surface area contributed by atoms with Gasteiger partial charge in [-0.1, -0.05) is 0 Å². The van der Waals surface area contributed by atoms with Crippen LogP contribution in [0.4, 0.5) is 0 Å². The fraction of sp³-hybridized carbons (Fsp3) is 0.632. The van der Waals surface area contributed by atoms with E-state index in [-0.39, 0.29) is 6.04 Å². The zero-order valence-electron chi connectivity index (χ0n) is 14.9. The van der Waals surface area contributed by atoms with Crippen LogP contribution in [-0.4, -0.2) is 40.8 Å². The van der Waals surface area contributed by atoms with Gasteiger partial charge in [-0.2, -0.15) is 0 Å². The van der Waals surface area contributed by atoms with Crippen LogP contribution < -0.4 is 0 Å². The van der Waals surface area contributed by atoms with Crippen molar-refractivity contribution in [3.05, 3.63) is 41.9 Å². The molecule has 0 saturated carbocycles. The predicted octanol–water partition coefficient (Wildman–Crippen LogP) is 3.00. The van der Waals surface area contributed by atoms with Crippen LogP contribution in [0.2, 0.25) is 0 Å². The van der Waals surface area contributed by atoms with Crippen LogP contribution in [0, 0.1) is 5.92 Å². The minimum atomic E-state index is 0.281. The van der Waals surface area contributed by atoms with Gasteiger partial charge in [0, 0.05) is 26.3 Å². The van der Waals surface area contributed by atoms with Crippen LogP contribution in [0.25, 0.3) is 0 Å². The Bertz CT molecular complexity index is 662. The standard InChI is InChI=1S/C19H27N3O3/c1-15-19-20-11-17(14-24-13-16-4-9-23-10-5-16)22(19)7-6-21(15)12-18-3-2-8-25-18/h2-3,8,11,15-16H,4-7,9-10,12-14H2,1H3/t15-/m0/s1. The van der Waals surface area contributed by atoms with E-state index >= 15 is 0 Å². The van der Waals surface area contributed by atoms with E-state index in [2.05, 4.69) is 21.4 Å². The molecular formula is C19H27N3O3. The molecule has 0 aliphatic carbocycles. The van der Waals surface area contributed by atoms with Crippen LogP contribution in [-0.2, 0) is 29.2 Å². The number of ether oxygens (including phenoxy) is 2. The van der Waals surface area contributed by atoms with Gasteiger partial charge < -0.3 is 18.5 Å². The Labute approximate surface area is 148 Å². The first-order chi connectivity index (χ1) is 12.3. The topological polar surface area (TPSA) is 52.7 Å². The molecule has 0 bridgehead atoms. The molecule has 2 aromatic heterocycles. The smallest absolute Gasteiger partial charge is 0.126 e. The van der Waals surface area contributed by atoms with Crippen molar-refractivity contribution in [2.45, 2.75) is 45.5 Å². The number of hydrogen-bond acceptors (Lipinski definition) is 5. The SMILES string of the molecule is C[C@H]1c2ncc(COCC3CCOCC3)n2CCN1Cc1ccco1. The Hall–Kier alpha value is -1.63. The molecule has 6 nitrogen and oxygen atoms in total. The van der Waals surface area contributed by atoms with E-state index in [0.717, 1.165) is 63.9 Å². The van der Waals surface area contributed by atoms with E-state index in [0.29, 0.717) is 12.5 Å². The van der Waals surface area contributed by atoms with Crippen LogP contribution >= 0.6 is 0 Å². The fourth-order valence-corrected chi connectivity index (χ4v) is 3.78. The van der Waals surface area contributed by atoms with Crippen molar-refractivity contribution in [2.75, 3.05) is 26.4 Å². The highest BCUT2D eigenvalue weighted by atomic mass is 16.5. The maximum atomic E-state index is 5.99. The summed E-state index contributed by atoms with van der Waals surface area (Å²) in [5, 5.41) is 0. The summed E-state index contributed by atoms with van der Waals surface area (Å²) < 4.78 is 19.2. The molecule has 2 aliphatic heterocycles. The summed E-state index contributed by atoms with van der Waals surface area (Å²) in [5.41, 5.74) is 1.19. The fourth-order valence-electron chi connectivity index (χ4n) is 3.78. The summed E-state index contributed by atoms with van der Waals surface area (Å²) in [5.74, 6) is 2.77. The predicted molar refractivity (Wildman–Crippen MR) is 93.0 cm³/mol. The van der Waals surface area contributed by atoms with E-state index < -0.39 is 0 Å². The molecule has 2 aliphatic rings. The zero-order chi connectivity index (χ0) is 17.1. The first-order valence-corrected chi connectivity index (χ1v) is 9.27. The maximum absolute atomic E-state index is 5.99. The van der Waals surface area contributed by atoms with Gasteiger partial charge in [0.05, 0.1) is 44.0 Å². The highest BCUT2D eigenvalue weighted by Gasteiger charge is 2.27. The third-order valence-electron chi connectivity index (χ3n) is 5.38. The van der Waals surface area contributed by atoms with Gasteiger partial charge in [-0.3, -0.25) is 4.90 Å². The number of rotatable bonds is 6. The average molecular weight is 345 g/mol. The van der Waals surface area contributed by atoms with Crippen molar-refractivity contribution < 1.29 is 13.9 Å². The van der Waals surface area contributed by atoms with Crippen molar-refractivity contribution in [1.29, 1.82) is 0 Å². The highest BCUT2D eigenvalue weighted by molar-refractivity contribution is 5.11. The maximum Gasteiger partial charge on any atom is 0.126 e. The van der Waals surface area contributed by atoms with Crippen molar-refractivity contribution in [3.8, 4) is 0 Å². The molecular weight excluding hydrogens is 318 g/mol. The first-order valence-electron chi connectivity index (χ1n) is 9.27. The summed E-state index contributed by atoms with van der Waals surface area (Å²) in [6, 6.07) is 4.25. The summed E-state index contributed by atoms with van der Waals surface area (Å²) in [7, 11) is 0.